The van der Waals surface area contributed by atoms with Crippen LogP contribution in [0.2, 0.25) is 0 Å². The highest BCUT2D eigenvalue weighted by Crippen LogP contribution is 2.45. The van der Waals surface area contributed by atoms with Crippen LogP contribution in [-0.4, -0.2) is 35.7 Å². The number of piperidine rings is 1. The zero-order valence-corrected chi connectivity index (χ0v) is 17.2. The van der Waals surface area contributed by atoms with E-state index in [1.165, 1.54) is 0 Å². The molecule has 4 rings (SSSR count). The maximum atomic E-state index is 12.9. The SMILES string of the molecule is CC(C)(C)OC(=O)N1CCC(C(=O)OC2c3ccccc3-c3ccccc32)CC1. The molecule has 0 atom stereocenters. The highest BCUT2D eigenvalue weighted by Gasteiger charge is 2.35. The average molecular weight is 393 g/mol. The first-order valence-corrected chi connectivity index (χ1v) is 10.2. The fraction of sp³-hybridized carbons (Fsp3) is 0.417. The van der Waals surface area contributed by atoms with Gasteiger partial charge in [0.05, 0.1) is 5.92 Å². The molecule has 152 valence electrons. The molecule has 5 heteroatoms. The highest BCUT2D eigenvalue weighted by atomic mass is 16.6. The Morgan fingerprint density at radius 2 is 1.41 bits per heavy atom. The Hall–Kier alpha value is -2.82. The summed E-state index contributed by atoms with van der Waals surface area (Å²) >= 11 is 0. The second-order valence-electron chi connectivity index (χ2n) is 8.73. The number of rotatable bonds is 2. The van der Waals surface area contributed by atoms with E-state index in [0.717, 1.165) is 22.3 Å². The van der Waals surface area contributed by atoms with E-state index in [9.17, 15) is 9.59 Å². The minimum Gasteiger partial charge on any atom is -0.452 e. The van der Waals surface area contributed by atoms with Crippen molar-refractivity contribution in [3.63, 3.8) is 0 Å². The molecule has 1 aliphatic heterocycles. The van der Waals surface area contributed by atoms with Crippen LogP contribution in [0.1, 0.15) is 50.8 Å². The van der Waals surface area contributed by atoms with E-state index in [-0.39, 0.29) is 24.1 Å². The molecule has 0 aromatic heterocycles. The van der Waals surface area contributed by atoms with Gasteiger partial charge in [-0.15, -0.1) is 0 Å². The van der Waals surface area contributed by atoms with Gasteiger partial charge in [0.25, 0.3) is 0 Å². The summed E-state index contributed by atoms with van der Waals surface area (Å²) in [4.78, 5) is 26.8. The second-order valence-corrected chi connectivity index (χ2v) is 8.73. The standard InChI is InChI=1S/C24H27NO4/c1-24(2,3)29-23(27)25-14-12-16(13-15-25)22(26)28-21-19-10-6-4-8-17(19)18-9-5-7-11-20(18)21/h4-11,16,21H,12-15H2,1-3H3. The minimum absolute atomic E-state index is 0.189. The van der Waals surface area contributed by atoms with Crippen molar-refractivity contribution >= 4 is 12.1 Å². The Kier molecular flexibility index (Phi) is 5.07. The summed E-state index contributed by atoms with van der Waals surface area (Å²) in [5.74, 6) is -0.390. The number of benzene rings is 2. The second kappa shape index (κ2) is 7.54. The van der Waals surface area contributed by atoms with Gasteiger partial charge in [-0.2, -0.15) is 0 Å². The van der Waals surface area contributed by atoms with Gasteiger partial charge >= 0.3 is 12.1 Å². The van der Waals surface area contributed by atoms with Crippen LogP contribution in [0.15, 0.2) is 48.5 Å². The number of nitrogens with zero attached hydrogens (tertiary/aromatic N) is 1. The predicted octanol–water partition coefficient (Wildman–Crippen LogP) is 4.95. The monoisotopic (exact) mass is 393 g/mol. The maximum absolute atomic E-state index is 12.9. The Morgan fingerprint density at radius 1 is 0.897 bits per heavy atom. The van der Waals surface area contributed by atoms with E-state index < -0.39 is 5.60 Å². The number of esters is 1. The molecule has 0 unspecified atom stereocenters. The lowest BCUT2D eigenvalue weighted by Gasteiger charge is -2.33. The van der Waals surface area contributed by atoms with E-state index >= 15 is 0 Å². The number of likely N-dealkylation sites (tertiary alicyclic amines) is 1. The van der Waals surface area contributed by atoms with Crippen molar-refractivity contribution in [1.29, 1.82) is 0 Å². The molecule has 0 spiro atoms. The van der Waals surface area contributed by atoms with E-state index in [1.807, 2.05) is 57.2 Å². The lowest BCUT2D eigenvalue weighted by atomic mass is 9.97. The lowest BCUT2D eigenvalue weighted by molar-refractivity contribution is -0.154. The van der Waals surface area contributed by atoms with Crippen LogP contribution in [0, 0.1) is 5.92 Å². The summed E-state index contributed by atoms with van der Waals surface area (Å²) in [6.45, 7) is 6.57. The molecular formula is C24H27NO4. The molecule has 1 aliphatic carbocycles. The van der Waals surface area contributed by atoms with Gasteiger partial charge < -0.3 is 14.4 Å². The molecule has 2 aromatic rings. The van der Waals surface area contributed by atoms with Gasteiger partial charge in [-0.25, -0.2) is 4.79 Å². The third kappa shape index (κ3) is 4.00. The maximum Gasteiger partial charge on any atom is 0.410 e. The molecule has 1 heterocycles. The summed E-state index contributed by atoms with van der Waals surface area (Å²) in [6, 6.07) is 16.2. The first-order chi connectivity index (χ1) is 13.8. The molecule has 0 N–H and O–H groups in total. The Balaban J connectivity index is 1.42. The van der Waals surface area contributed by atoms with Crippen molar-refractivity contribution in [3.8, 4) is 11.1 Å². The number of fused-ring (bicyclic) bond motifs is 3. The molecular weight excluding hydrogens is 366 g/mol. The third-order valence-electron chi connectivity index (χ3n) is 5.49. The summed E-state index contributed by atoms with van der Waals surface area (Å²) in [6.07, 6.45) is 0.504. The van der Waals surface area contributed by atoms with Crippen molar-refractivity contribution in [3.05, 3.63) is 59.7 Å². The number of amides is 1. The van der Waals surface area contributed by atoms with E-state index in [4.69, 9.17) is 9.47 Å². The third-order valence-corrected chi connectivity index (χ3v) is 5.49. The van der Waals surface area contributed by atoms with Crippen LogP contribution in [0.25, 0.3) is 11.1 Å². The average Bonchev–Trinajstić information content (AvgIpc) is 3.01. The molecule has 0 saturated carbocycles. The molecule has 2 aromatic carbocycles. The number of hydrogen-bond donors (Lipinski definition) is 0. The fourth-order valence-corrected chi connectivity index (χ4v) is 4.07. The first kappa shape index (κ1) is 19.5. The van der Waals surface area contributed by atoms with Crippen molar-refractivity contribution < 1.29 is 19.1 Å². The Morgan fingerprint density at radius 3 is 1.93 bits per heavy atom. The summed E-state index contributed by atoms with van der Waals surface area (Å²) in [5.41, 5.74) is 3.80. The van der Waals surface area contributed by atoms with Crippen LogP contribution in [0.3, 0.4) is 0 Å². The largest absolute Gasteiger partial charge is 0.452 e. The molecule has 29 heavy (non-hydrogen) atoms. The topological polar surface area (TPSA) is 55.8 Å². The van der Waals surface area contributed by atoms with Crippen LogP contribution in [0.4, 0.5) is 4.79 Å². The number of carbonyl (C=O) groups excluding carboxylic acids is 2. The van der Waals surface area contributed by atoms with Crippen molar-refractivity contribution in [1.82, 2.24) is 4.90 Å². The number of ether oxygens (including phenoxy) is 2. The van der Waals surface area contributed by atoms with Gasteiger partial charge in [-0.3, -0.25) is 4.79 Å². The van der Waals surface area contributed by atoms with Crippen molar-refractivity contribution in [2.45, 2.75) is 45.3 Å². The van der Waals surface area contributed by atoms with Crippen molar-refractivity contribution in [2.75, 3.05) is 13.1 Å². The van der Waals surface area contributed by atoms with E-state index in [2.05, 4.69) is 12.1 Å². The fourth-order valence-electron chi connectivity index (χ4n) is 4.07. The zero-order chi connectivity index (χ0) is 20.6. The predicted molar refractivity (Wildman–Crippen MR) is 110 cm³/mol. The van der Waals surface area contributed by atoms with Crippen LogP contribution < -0.4 is 0 Å². The molecule has 1 fully saturated rings. The molecule has 5 nitrogen and oxygen atoms in total. The van der Waals surface area contributed by atoms with Crippen molar-refractivity contribution in [2.24, 2.45) is 5.92 Å². The van der Waals surface area contributed by atoms with Gasteiger partial charge in [0.1, 0.15) is 5.60 Å². The molecule has 2 aliphatic rings. The Bertz CT molecular complexity index is 877. The summed E-state index contributed by atoms with van der Waals surface area (Å²) in [7, 11) is 0. The number of hydrogen-bond acceptors (Lipinski definition) is 4. The van der Waals surface area contributed by atoms with Gasteiger partial charge in [0.15, 0.2) is 6.10 Å². The number of carbonyl (C=O) groups is 2. The van der Waals surface area contributed by atoms with Gasteiger partial charge in [0, 0.05) is 24.2 Å². The molecule has 0 radical (unpaired) electrons. The summed E-state index contributed by atoms with van der Waals surface area (Å²) < 4.78 is 11.4. The van der Waals surface area contributed by atoms with E-state index in [0.29, 0.717) is 25.9 Å². The van der Waals surface area contributed by atoms with Crippen LogP contribution in [-0.2, 0) is 14.3 Å². The molecule has 1 amide bonds. The lowest BCUT2D eigenvalue weighted by Crippen LogP contribution is -2.43. The molecule has 1 saturated heterocycles. The smallest absolute Gasteiger partial charge is 0.410 e. The first-order valence-electron chi connectivity index (χ1n) is 10.2. The highest BCUT2D eigenvalue weighted by molar-refractivity contribution is 5.81. The Labute approximate surface area is 171 Å². The minimum atomic E-state index is -0.518. The van der Waals surface area contributed by atoms with Gasteiger partial charge in [-0.1, -0.05) is 48.5 Å². The summed E-state index contributed by atoms with van der Waals surface area (Å²) in [5, 5.41) is 0. The van der Waals surface area contributed by atoms with Gasteiger partial charge in [-0.05, 0) is 44.7 Å². The zero-order valence-electron chi connectivity index (χ0n) is 17.2. The normalized spacial score (nSPS) is 16.9. The van der Waals surface area contributed by atoms with Crippen LogP contribution in [0.5, 0.6) is 0 Å². The molecule has 0 bridgehead atoms. The van der Waals surface area contributed by atoms with Crippen LogP contribution >= 0.6 is 0 Å². The van der Waals surface area contributed by atoms with Gasteiger partial charge in [0.2, 0.25) is 0 Å². The van der Waals surface area contributed by atoms with E-state index in [1.54, 1.807) is 4.90 Å². The quantitative estimate of drug-likeness (QED) is 0.678.